The van der Waals surface area contributed by atoms with Crippen molar-refractivity contribution >= 4 is 54.8 Å². The van der Waals surface area contributed by atoms with Crippen LogP contribution in [0.25, 0.3) is 0 Å². The van der Waals surface area contributed by atoms with Gasteiger partial charge in [0.2, 0.25) is 0 Å². The molecule has 0 fully saturated rings. The van der Waals surface area contributed by atoms with Crippen molar-refractivity contribution in [3.05, 3.63) is 95.4 Å². The van der Waals surface area contributed by atoms with E-state index in [1.165, 1.54) is 12.1 Å². The van der Waals surface area contributed by atoms with E-state index in [9.17, 15) is 10.1 Å². The average Bonchev–Trinajstić information content (AvgIpc) is 2.69. The molecule has 5 nitrogen and oxygen atoms in total. The van der Waals surface area contributed by atoms with Gasteiger partial charge in [0.15, 0.2) is 0 Å². The summed E-state index contributed by atoms with van der Waals surface area (Å²) in [4.78, 5) is 10.3. The monoisotopic (exact) mass is 538 g/mol. The molecule has 0 unspecified atom stereocenters. The highest BCUT2D eigenvalue weighted by atomic mass is 79.9. The number of nitrogens with one attached hydrogen (secondary N) is 1. The molecule has 0 aliphatic rings. The molecule has 0 aliphatic carbocycles. The molecule has 0 radical (unpaired) electrons. The van der Waals surface area contributed by atoms with Gasteiger partial charge in [-0.25, -0.2) is 0 Å². The van der Waals surface area contributed by atoms with Crippen LogP contribution in [-0.4, -0.2) is 4.92 Å². The summed E-state index contributed by atoms with van der Waals surface area (Å²) >= 11 is 13.3. The molecule has 0 saturated heterocycles. The molecule has 29 heavy (non-hydrogen) atoms. The number of anilines is 1. The van der Waals surface area contributed by atoms with E-state index in [1.807, 2.05) is 37.3 Å². The summed E-state index contributed by atoms with van der Waals surface area (Å²) in [6.45, 7) is 2.90. The second-order valence-corrected chi connectivity index (χ2v) is 8.48. The van der Waals surface area contributed by atoms with Crippen LogP contribution in [0.4, 0.5) is 11.4 Å². The topological polar surface area (TPSA) is 64.4 Å². The molecule has 0 heterocycles. The molecule has 0 aliphatic heterocycles. The Morgan fingerprint density at radius 2 is 1.72 bits per heavy atom. The Labute approximate surface area is 190 Å². The maximum atomic E-state index is 10.7. The molecule has 0 spiro atoms. The van der Waals surface area contributed by atoms with Crippen molar-refractivity contribution in [1.29, 1.82) is 0 Å². The largest absolute Gasteiger partial charge is 0.487 e. The summed E-state index contributed by atoms with van der Waals surface area (Å²) in [5, 5.41) is 14.9. The Balaban J connectivity index is 1.67. The van der Waals surface area contributed by atoms with Crippen molar-refractivity contribution in [1.82, 2.24) is 0 Å². The average molecular weight is 541 g/mol. The van der Waals surface area contributed by atoms with Crippen LogP contribution in [-0.2, 0) is 13.2 Å². The van der Waals surface area contributed by atoms with Crippen LogP contribution in [0.5, 0.6) is 5.75 Å². The molecule has 0 saturated carbocycles. The number of non-ortho nitro benzene ring substituents is 1. The van der Waals surface area contributed by atoms with E-state index in [2.05, 4.69) is 37.2 Å². The number of halogens is 3. The van der Waals surface area contributed by atoms with Crippen molar-refractivity contribution in [3.63, 3.8) is 0 Å². The van der Waals surface area contributed by atoms with E-state index < -0.39 is 4.92 Å². The van der Waals surface area contributed by atoms with E-state index in [-0.39, 0.29) is 5.69 Å². The van der Waals surface area contributed by atoms with Crippen molar-refractivity contribution in [2.45, 2.75) is 20.1 Å². The van der Waals surface area contributed by atoms with Gasteiger partial charge in [0, 0.05) is 29.4 Å². The van der Waals surface area contributed by atoms with E-state index in [1.54, 1.807) is 12.1 Å². The van der Waals surface area contributed by atoms with Crippen molar-refractivity contribution < 1.29 is 9.66 Å². The standard InChI is InChI=1S/C21H17Br2ClN2O3/c1-13-19(24)3-2-4-20(13)25-11-15-9-17(22)21(18(23)10-15)29-12-14-5-7-16(8-6-14)26(27)28/h2-10,25H,11-12H2,1H3. The summed E-state index contributed by atoms with van der Waals surface area (Å²) in [6.07, 6.45) is 0. The predicted molar refractivity (Wildman–Crippen MR) is 123 cm³/mol. The summed E-state index contributed by atoms with van der Waals surface area (Å²) in [6, 6.07) is 16.1. The fourth-order valence-electron chi connectivity index (χ4n) is 2.72. The van der Waals surface area contributed by atoms with Crippen LogP contribution >= 0.6 is 43.5 Å². The number of nitrogens with zero attached hydrogens (tertiary/aromatic N) is 1. The van der Waals surface area contributed by atoms with E-state index in [0.29, 0.717) is 18.9 Å². The maximum Gasteiger partial charge on any atom is 0.269 e. The van der Waals surface area contributed by atoms with Gasteiger partial charge in [-0.05, 0) is 91.9 Å². The maximum absolute atomic E-state index is 10.7. The summed E-state index contributed by atoms with van der Waals surface area (Å²) in [5.41, 5.74) is 3.96. The molecular formula is C21H17Br2ClN2O3. The zero-order valence-corrected chi connectivity index (χ0v) is 19.3. The van der Waals surface area contributed by atoms with Gasteiger partial charge < -0.3 is 10.1 Å². The Bertz CT molecular complexity index is 1020. The van der Waals surface area contributed by atoms with Crippen molar-refractivity contribution in [2.24, 2.45) is 0 Å². The van der Waals surface area contributed by atoms with Gasteiger partial charge in [-0.15, -0.1) is 0 Å². The van der Waals surface area contributed by atoms with Crippen LogP contribution in [0.3, 0.4) is 0 Å². The molecule has 3 rings (SSSR count). The highest BCUT2D eigenvalue weighted by Crippen LogP contribution is 2.36. The smallest absolute Gasteiger partial charge is 0.269 e. The number of benzene rings is 3. The van der Waals surface area contributed by atoms with Crippen LogP contribution in [0.1, 0.15) is 16.7 Å². The van der Waals surface area contributed by atoms with Gasteiger partial charge >= 0.3 is 0 Å². The number of nitro benzene ring substituents is 1. The molecule has 0 bridgehead atoms. The first-order valence-electron chi connectivity index (χ1n) is 8.68. The highest BCUT2D eigenvalue weighted by molar-refractivity contribution is 9.11. The summed E-state index contributed by atoms with van der Waals surface area (Å²) < 4.78 is 7.53. The third kappa shape index (κ3) is 5.50. The lowest BCUT2D eigenvalue weighted by Gasteiger charge is -2.14. The SMILES string of the molecule is Cc1c(Cl)cccc1NCc1cc(Br)c(OCc2ccc([N+](=O)[O-])cc2)c(Br)c1. The fourth-order valence-corrected chi connectivity index (χ4v) is 4.40. The molecular weight excluding hydrogens is 524 g/mol. The van der Waals surface area contributed by atoms with Crippen molar-refractivity contribution in [3.8, 4) is 5.75 Å². The highest BCUT2D eigenvalue weighted by Gasteiger charge is 2.11. The number of hydrogen-bond acceptors (Lipinski definition) is 4. The Hall–Kier alpha value is -2.09. The first-order chi connectivity index (χ1) is 13.8. The van der Waals surface area contributed by atoms with Crippen LogP contribution in [0, 0.1) is 17.0 Å². The molecule has 8 heteroatoms. The van der Waals surface area contributed by atoms with Gasteiger partial charge in [0.25, 0.3) is 5.69 Å². The molecule has 3 aromatic carbocycles. The molecule has 0 amide bonds. The van der Waals surface area contributed by atoms with E-state index in [0.717, 1.165) is 36.3 Å². The summed E-state index contributed by atoms with van der Waals surface area (Å²) in [7, 11) is 0. The fraction of sp³-hybridized carbons (Fsp3) is 0.143. The first-order valence-corrected chi connectivity index (χ1v) is 10.6. The lowest BCUT2D eigenvalue weighted by molar-refractivity contribution is -0.384. The minimum absolute atomic E-state index is 0.0582. The second-order valence-electron chi connectivity index (χ2n) is 6.37. The molecule has 0 atom stereocenters. The van der Waals surface area contributed by atoms with Gasteiger partial charge in [-0.1, -0.05) is 17.7 Å². The molecule has 1 N–H and O–H groups in total. The second kappa shape index (κ2) is 9.61. The van der Waals surface area contributed by atoms with Gasteiger partial charge in [0.1, 0.15) is 12.4 Å². The normalized spacial score (nSPS) is 10.6. The molecule has 3 aromatic rings. The zero-order chi connectivity index (χ0) is 21.0. The van der Waals surface area contributed by atoms with E-state index in [4.69, 9.17) is 16.3 Å². The van der Waals surface area contributed by atoms with Crippen LogP contribution < -0.4 is 10.1 Å². The predicted octanol–water partition coefficient (Wildman–Crippen LogP) is 7.27. The third-order valence-electron chi connectivity index (χ3n) is 4.34. The van der Waals surface area contributed by atoms with Gasteiger partial charge in [-0.2, -0.15) is 0 Å². The minimum Gasteiger partial charge on any atom is -0.487 e. The Kier molecular flexibility index (Phi) is 7.16. The number of rotatable bonds is 7. The number of nitro groups is 1. The quantitative estimate of drug-likeness (QED) is 0.253. The Morgan fingerprint density at radius 1 is 1.07 bits per heavy atom. The third-order valence-corrected chi connectivity index (χ3v) is 5.93. The van der Waals surface area contributed by atoms with Crippen LogP contribution in [0.15, 0.2) is 63.5 Å². The van der Waals surface area contributed by atoms with Gasteiger partial charge in [0.05, 0.1) is 13.9 Å². The van der Waals surface area contributed by atoms with E-state index >= 15 is 0 Å². The van der Waals surface area contributed by atoms with Crippen LogP contribution in [0.2, 0.25) is 5.02 Å². The lowest BCUT2D eigenvalue weighted by atomic mass is 10.1. The Morgan fingerprint density at radius 3 is 2.34 bits per heavy atom. The lowest BCUT2D eigenvalue weighted by Crippen LogP contribution is -2.03. The number of ether oxygens (including phenoxy) is 1. The molecule has 0 aromatic heterocycles. The first kappa shape index (κ1) is 21.6. The number of hydrogen-bond donors (Lipinski definition) is 1. The minimum atomic E-state index is -0.421. The molecule has 150 valence electrons. The summed E-state index contributed by atoms with van der Waals surface area (Å²) in [5.74, 6) is 0.672. The zero-order valence-electron chi connectivity index (χ0n) is 15.4. The van der Waals surface area contributed by atoms with Gasteiger partial charge in [-0.3, -0.25) is 10.1 Å². The van der Waals surface area contributed by atoms with Crippen molar-refractivity contribution in [2.75, 3.05) is 5.32 Å².